The summed E-state index contributed by atoms with van der Waals surface area (Å²) in [5.41, 5.74) is -0.183. The third kappa shape index (κ3) is 8.93. The quantitative estimate of drug-likeness (QED) is 0.138. The maximum atomic E-state index is 11.3. The molecule has 0 amide bonds. The van der Waals surface area contributed by atoms with Gasteiger partial charge >= 0.3 is 59.1 Å². The van der Waals surface area contributed by atoms with Gasteiger partial charge in [-0.15, -0.1) is 0 Å². The first-order chi connectivity index (χ1) is 18.1. The van der Waals surface area contributed by atoms with Crippen molar-refractivity contribution < 1.29 is 104 Å². The number of fused-ring (bicyclic) bond motifs is 5. The van der Waals surface area contributed by atoms with Gasteiger partial charge in [0.25, 0.3) is 0 Å². The molecule has 1 unspecified atom stereocenters. The Kier molecular flexibility index (Phi) is 14.3. The monoisotopic (exact) mass is 640 g/mol. The minimum Gasteiger partial charge on any atom is -0.726 e. The average molecular weight is 641 g/mol. The first-order valence-corrected chi connectivity index (χ1v) is 17.3. The normalized spacial score (nSPS) is 40.2. The van der Waals surface area contributed by atoms with Gasteiger partial charge in [-0.3, -0.25) is 8.37 Å². The predicted molar refractivity (Wildman–Crippen MR) is 140 cm³/mol. The molecule has 0 saturated heterocycles. The largest absolute Gasteiger partial charge is 1.00 e. The summed E-state index contributed by atoms with van der Waals surface area (Å²) in [6.45, 7) is 6.53. The minimum atomic E-state index is -4.89. The summed E-state index contributed by atoms with van der Waals surface area (Å²) in [6, 6.07) is 0. The summed E-state index contributed by atoms with van der Waals surface area (Å²) >= 11 is 0. The molecule has 0 radical (unpaired) electrons. The van der Waals surface area contributed by atoms with Crippen molar-refractivity contribution in [2.45, 2.75) is 104 Å². The van der Waals surface area contributed by atoms with E-state index in [1.54, 1.807) is 0 Å². The van der Waals surface area contributed by atoms with Crippen molar-refractivity contribution in [1.82, 2.24) is 0 Å². The summed E-state index contributed by atoms with van der Waals surface area (Å²) < 4.78 is 77.2. The van der Waals surface area contributed by atoms with E-state index < -0.39 is 33.0 Å². The van der Waals surface area contributed by atoms with E-state index in [0.29, 0.717) is 30.6 Å². The molecule has 14 heteroatoms. The molecule has 0 spiro atoms. The molecule has 4 fully saturated rings. The van der Waals surface area contributed by atoms with Gasteiger partial charge < -0.3 is 19.3 Å². The van der Waals surface area contributed by atoms with Gasteiger partial charge in [0.15, 0.2) is 0 Å². The van der Waals surface area contributed by atoms with Crippen molar-refractivity contribution in [2.24, 2.45) is 52.3 Å². The van der Waals surface area contributed by atoms with Crippen LogP contribution < -0.4 is 59.1 Å². The van der Waals surface area contributed by atoms with Gasteiger partial charge in [-0.2, -0.15) is 0 Å². The Bertz CT molecular complexity index is 1080. The molecule has 0 aromatic heterocycles. The molecule has 0 aromatic carbocycles. The zero-order valence-electron chi connectivity index (χ0n) is 25.4. The van der Waals surface area contributed by atoms with Crippen molar-refractivity contribution in [3.63, 3.8) is 0 Å². The van der Waals surface area contributed by atoms with Crippen molar-refractivity contribution in [2.75, 3.05) is 13.2 Å². The van der Waals surface area contributed by atoms with Crippen LogP contribution in [-0.2, 0) is 29.2 Å². The van der Waals surface area contributed by atoms with Crippen LogP contribution in [0.2, 0.25) is 0 Å². The Morgan fingerprint density at radius 2 is 1.59 bits per heavy atom. The number of aliphatic hydroxyl groups is 2. The predicted octanol–water partition coefficient (Wildman–Crippen LogP) is -2.64. The molecular formula is C27H46Na2O10S2. The van der Waals surface area contributed by atoms with E-state index in [1.807, 2.05) is 6.92 Å². The van der Waals surface area contributed by atoms with E-state index >= 15 is 0 Å². The van der Waals surface area contributed by atoms with Crippen molar-refractivity contribution >= 4 is 20.8 Å². The summed E-state index contributed by atoms with van der Waals surface area (Å²) in [7, 11) is -9.68. The molecule has 10 nitrogen and oxygen atoms in total. The third-order valence-electron chi connectivity index (χ3n) is 11.6. The Morgan fingerprint density at radius 1 is 0.927 bits per heavy atom. The number of hydrogen-bond acceptors (Lipinski definition) is 10. The molecule has 4 saturated carbocycles. The molecule has 4 aliphatic rings. The molecule has 41 heavy (non-hydrogen) atoms. The maximum Gasteiger partial charge on any atom is 1.00 e. The van der Waals surface area contributed by atoms with Gasteiger partial charge in [0.2, 0.25) is 20.8 Å². The average Bonchev–Trinajstić information content (AvgIpc) is 3.17. The van der Waals surface area contributed by atoms with Crippen LogP contribution in [0.15, 0.2) is 0 Å². The van der Waals surface area contributed by atoms with E-state index in [-0.39, 0.29) is 107 Å². The molecule has 0 aromatic rings. The van der Waals surface area contributed by atoms with Crippen molar-refractivity contribution in [3.8, 4) is 0 Å². The second kappa shape index (κ2) is 15.0. The van der Waals surface area contributed by atoms with Crippen LogP contribution in [0.25, 0.3) is 0 Å². The van der Waals surface area contributed by atoms with Crippen molar-refractivity contribution in [3.05, 3.63) is 0 Å². The zero-order chi connectivity index (χ0) is 28.8. The van der Waals surface area contributed by atoms with Gasteiger partial charge in [-0.05, 0) is 116 Å². The van der Waals surface area contributed by atoms with Crippen LogP contribution in [0.5, 0.6) is 0 Å². The molecule has 2 N–H and O–H groups in total. The fourth-order valence-electron chi connectivity index (χ4n) is 9.72. The van der Waals surface area contributed by atoms with Crippen LogP contribution >= 0.6 is 0 Å². The van der Waals surface area contributed by atoms with E-state index in [1.165, 1.54) is 0 Å². The summed E-state index contributed by atoms with van der Waals surface area (Å²) in [4.78, 5) is 0. The Labute approximate surface area is 291 Å². The van der Waals surface area contributed by atoms with E-state index in [9.17, 15) is 36.2 Å². The van der Waals surface area contributed by atoms with Crippen LogP contribution in [0.4, 0.5) is 0 Å². The molecule has 4 aliphatic carbocycles. The smallest absolute Gasteiger partial charge is 0.726 e. The van der Waals surface area contributed by atoms with Crippen LogP contribution in [0.1, 0.15) is 91.4 Å². The third-order valence-corrected chi connectivity index (χ3v) is 12.5. The zero-order valence-corrected chi connectivity index (χ0v) is 31.0. The first kappa shape index (κ1) is 38.8. The SMILES string of the molecule is C[C@@H](CO)CCC[C@@H](COS(=O)(=O)[O-])[C@H]1CC[C@H]2[C@@H]3CCC4C[C@H](OS(=O)(=O)[O-])[C@@H](O)C[C@]4(C)[C@H]3CC[C@]12C.[Na+].[Na+]. The molecule has 0 heterocycles. The van der Waals surface area contributed by atoms with Crippen LogP contribution in [0, 0.1) is 52.3 Å². The van der Waals surface area contributed by atoms with E-state index in [4.69, 9.17) is 8.37 Å². The van der Waals surface area contributed by atoms with Crippen molar-refractivity contribution in [1.29, 1.82) is 0 Å². The maximum absolute atomic E-state index is 11.3. The fraction of sp³-hybridized carbons (Fsp3) is 1.00. The standard InChI is InChI=1S/C27H48O10S2.2Na/c1-17(15-28)5-4-6-18(16-36-38(30,31)32)21-9-10-22-20-8-7-19-13-25(37-39(33,34)35)24(29)14-27(19,3)23(20)11-12-26(21,22)2;;/h17-25,28-29H,4-16H2,1-3H3,(H,30,31,32)(H,33,34,35);;/q;2*+1/p-2/t17-,18+,19?,20+,21-,22+,23+,24+,25+,26-,27+;;/m1../s1. The molecule has 0 bridgehead atoms. The van der Waals surface area contributed by atoms with Gasteiger partial charge in [0, 0.05) is 6.61 Å². The Hall–Kier alpha value is 1.66. The summed E-state index contributed by atoms with van der Waals surface area (Å²) in [5, 5.41) is 20.2. The van der Waals surface area contributed by atoms with Gasteiger partial charge in [-0.1, -0.05) is 27.2 Å². The topological polar surface area (TPSA) is 173 Å². The molecule has 228 valence electrons. The second-order valence-electron chi connectivity index (χ2n) is 13.6. The number of hydrogen-bond donors (Lipinski definition) is 2. The molecule has 4 rings (SSSR count). The van der Waals surface area contributed by atoms with Crippen LogP contribution in [-0.4, -0.2) is 61.6 Å². The molecule has 0 aliphatic heterocycles. The van der Waals surface area contributed by atoms with Gasteiger partial charge in [-0.25, -0.2) is 16.8 Å². The Morgan fingerprint density at radius 3 is 2.20 bits per heavy atom. The summed E-state index contributed by atoms with van der Waals surface area (Å²) in [5.74, 6) is 1.77. The fourth-order valence-corrected chi connectivity index (χ4v) is 10.6. The Balaban J connectivity index is 0.00000294. The van der Waals surface area contributed by atoms with E-state index in [0.717, 1.165) is 57.8 Å². The van der Waals surface area contributed by atoms with Crippen LogP contribution in [0.3, 0.4) is 0 Å². The first-order valence-electron chi connectivity index (χ1n) is 14.6. The number of rotatable bonds is 11. The molecular weight excluding hydrogens is 594 g/mol. The number of aliphatic hydroxyl groups excluding tert-OH is 2. The van der Waals surface area contributed by atoms with Gasteiger partial charge in [0.05, 0.1) is 12.7 Å². The van der Waals surface area contributed by atoms with Gasteiger partial charge in [0.1, 0.15) is 6.10 Å². The molecule has 11 atom stereocenters. The van der Waals surface area contributed by atoms with E-state index in [2.05, 4.69) is 13.8 Å². The minimum absolute atomic E-state index is 0. The second-order valence-corrected chi connectivity index (χ2v) is 15.7. The summed E-state index contributed by atoms with van der Waals surface area (Å²) in [6.07, 6.45) is 6.98.